The molecule has 0 saturated heterocycles. The van der Waals surface area contributed by atoms with Crippen molar-refractivity contribution in [2.75, 3.05) is 6.54 Å². The SMILES string of the molecule is CCCC(C)c1nnc(C(CC)NCC)s1. The van der Waals surface area contributed by atoms with E-state index in [2.05, 4.69) is 43.2 Å². The van der Waals surface area contributed by atoms with E-state index in [9.17, 15) is 0 Å². The van der Waals surface area contributed by atoms with Crippen molar-refractivity contribution < 1.29 is 0 Å². The minimum absolute atomic E-state index is 0.380. The first-order valence-electron chi connectivity index (χ1n) is 6.29. The second-order valence-electron chi connectivity index (χ2n) is 4.19. The topological polar surface area (TPSA) is 37.8 Å². The van der Waals surface area contributed by atoms with Gasteiger partial charge in [0.1, 0.15) is 10.0 Å². The van der Waals surface area contributed by atoms with E-state index in [4.69, 9.17) is 0 Å². The molecule has 0 fully saturated rings. The van der Waals surface area contributed by atoms with Crippen molar-refractivity contribution in [2.45, 2.75) is 58.9 Å². The summed E-state index contributed by atoms with van der Waals surface area (Å²) >= 11 is 1.77. The third kappa shape index (κ3) is 3.52. The third-order valence-corrected chi connectivity index (χ3v) is 4.02. The predicted octanol–water partition coefficient (Wildman–Crippen LogP) is 3.50. The number of aromatic nitrogens is 2. The molecule has 1 aromatic rings. The highest BCUT2D eigenvalue weighted by Crippen LogP contribution is 2.27. The smallest absolute Gasteiger partial charge is 0.134 e. The van der Waals surface area contributed by atoms with E-state index in [1.165, 1.54) is 17.8 Å². The van der Waals surface area contributed by atoms with Crippen LogP contribution in [0, 0.1) is 0 Å². The summed E-state index contributed by atoms with van der Waals surface area (Å²) in [4.78, 5) is 0. The summed E-state index contributed by atoms with van der Waals surface area (Å²) in [6.45, 7) is 9.75. The monoisotopic (exact) mass is 241 g/mol. The molecule has 0 aliphatic carbocycles. The van der Waals surface area contributed by atoms with Gasteiger partial charge in [-0.15, -0.1) is 10.2 Å². The molecule has 0 bridgehead atoms. The van der Waals surface area contributed by atoms with E-state index in [-0.39, 0.29) is 0 Å². The number of nitrogens with one attached hydrogen (secondary N) is 1. The van der Waals surface area contributed by atoms with Gasteiger partial charge in [0.15, 0.2) is 0 Å². The van der Waals surface area contributed by atoms with Crippen LogP contribution in [0.25, 0.3) is 0 Å². The van der Waals surface area contributed by atoms with Gasteiger partial charge in [0.25, 0.3) is 0 Å². The Bertz CT molecular complexity index is 298. The van der Waals surface area contributed by atoms with Gasteiger partial charge >= 0.3 is 0 Å². The van der Waals surface area contributed by atoms with Crippen LogP contribution in [0.15, 0.2) is 0 Å². The normalized spacial score (nSPS) is 15.0. The van der Waals surface area contributed by atoms with Crippen molar-refractivity contribution >= 4 is 11.3 Å². The van der Waals surface area contributed by atoms with E-state index >= 15 is 0 Å². The van der Waals surface area contributed by atoms with Crippen molar-refractivity contribution in [3.63, 3.8) is 0 Å². The van der Waals surface area contributed by atoms with Crippen molar-refractivity contribution in [3.8, 4) is 0 Å². The van der Waals surface area contributed by atoms with Crippen LogP contribution < -0.4 is 5.32 Å². The van der Waals surface area contributed by atoms with Crippen molar-refractivity contribution in [3.05, 3.63) is 10.0 Å². The second-order valence-corrected chi connectivity index (χ2v) is 5.23. The summed E-state index contributed by atoms with van der Waals surface area (Å²) in [6.07, 6.45) is 3.48. The maximum absolute atomic E-state index is 4.32. The number of rotatable bonds is 7. The Morgan fingerprint density at radius 1 is 1.19 bits per heavy atom. The molecule has 0 aliphatic rings. The fourth-order valence-corrected chi connectivity index (χ4v) is 2.88. The first-order chi connectivity index (χ1) is 7.72. The Morgan fingerprint density at radius 2 is 1.88 bits per heavy atom. The highest BCUT2D eigenvalue weighted by molar-refractivity contribution is 7.11. The summed E-state index contributed by atoms with van der Waals surface area (Å²) in [7, 11) is 0. The lowest BCUT2D eigenvalue weighted by Crippen LogP contribution is -2.19. The Balaban J connectivity index is 2.68. The zero-order valence-electron chi connectivity index (χ0n) is 10.8. The molecule has 92 valence electrons. The van der Waals surface area contributed by atoms with Crippen LogP contribution in [-0.2, 0) is 0 Å². The number of hydrogen-bond donors (Lipinski definition) is 1. The molecule has 3 nitrogen and oxygen atoms in total. The van der Waals surface area contributed by atoms with E-state index in [0.717, 1.165) is 18.0 Å². The van der Waals surface area contributed by atoms with Crippen molar-refractivity contribution in [1.82, 2.24) is 15.5 Å². The lowest BCUT2D eigenvalue weighted by molar-refractivity contribution is 0.530. The quantitative estimate of drug-likeness (QED) is 0.794. The van der Waals surface area contributed by atoms with Crippen LogP contribution in [0.4, 0.5) is 0 Å². The molecule has 0 amide bonds. The average molecular weight is 241 g/mol. The van der Waals surface area contributed by atoms with Gasteiger partial charge in [0.05, 0.1) is 6.04 Å². The predicted molar refractivity (Wildman–Crippen MR) is 69.9 cm³/mol. The Kier molecular flexibility index (Phi) is 5.91. The molecule has 1 rings (SSSR count). The standard InChI is InChI=1S/C12H23N3S/c1-5-8-9(4)11-14-15-12(16-11)10(6-2)13-7-3/h9-10,13H,5-8H2,1-4H3. The minimum atomic E-state index is 0.380. The second kappa shape index (κ2) is 6.97. The molecule has 0 aromatic carbocycles. The van der Waals surface area contributed by atoms with Gasteiger partial charge in [-0.05, 0) is 19.4 Å². The van der Waals surface area contributed by atoms with Crippen LogP contribution in [0.3, 0.4) is 0 Å². The van der Waals surface area contributed by atoms with Crippen LogP contribution in [-0.4, -0.2) is 16.7 Å². The largest absolute Gasteiger partial charge is 0.308 e. The van der Waals surface area contributed by atoms with Gasteiger partial charge in [-0.3, -0.25) is 0 Å². The van der Waals surface area contributed by atoms with Crippen LogP contribution in [0.2, 0.25) is 0 Å². The minimum Gasteiger partial charge on any atom is -0.308 e. The van der Waals surface area contributed by atoms with Gasteiger partial charge in [-0.1, -0.05) is 45.5 Å². The molecule has 16 heavy (non-hydrogen) atoms. The molecule has 0 spiro atoms. The molecular formula is C12H23N3S. The molecule has 1 aromatic heterocycles. The fraction of sp³-hybridized carbons (Fsp3) is 0.833. The maximum atomic E-state index is 4.32. The summed E-state index contributed by atoms with van der Waals surface area (Å²) in [5, 5.41) is 14.4. The van der Waals surface area contributed by atoms with E-state index in [1.54, 1.807) is 11.3 Å². The highest BCUT2D eigenvalue weighted by atomic mass is 32.1. The summed E-state index contributed by atoms with van der Waals surface area (Å²) in [6, 6.07) is 0.380. The fourth-order valence-electron chi connectivity index (χ4n) is 1.80. The number of hydrogen-bond acceptors (Lipinski definition) is 4. The first kappa shape index (κ1) is 13.6. The van der Waals surface area contributed by atoms with Crippen molar-refractivity contribution in [1.29, 1.82) is 0 Å². The molecule has 1 heterocycles. The molecule has 1 N–H and O–H groups in total. The van der Waals surface area contributed by atoms with E-state index in [1.807, 2.05) is 0 Å². The van der Waals surface area contributed by atoms with Gasteiger partial charge in [0.2, 0.25) is 0 Å². The Labute approximate surface area is 103 Å². The molecular weight excluding hydrogens is 218 g/mol. The molecule has 0 saturated carbocycles. The number of nitrogens with zero attached hydrogens (tertiary/aromatic N) is 2. The van der Waals surface area contributed by atoms with Gasteiger partial charge < -0.3 is 5.32 Å². The average Bonchev–Trinajstić information content (AvgIpc) is 2.75. The van der Waals surface area contributed by atoms with E-state index < -0.39 is 0 Å². The van der Waals surface area contributed by atoms with Gasteiger partial charge in [-0.25, -0.2) is 0 Å². The Morgan fingerprint density at radius 3 is 2.44 bits per heavy atom. The Hall–Kier alpha value is -0.480. The molecule has 0 aliphatic heterocycles. The molecule has 2 atom stereocenters. The van der Waals surface area contributed by atoms with Gasteiger partial charge in [0, 0.05) is 5.92 Å². The zero-order chi connectivity index (χ0) is 12.0. The zero-order valence-corrected chi connectivity index (χ0v) is 11.6. The lowest BCUT2D eigenvalue weighted by Gasteiger charge is -2.11. The summed E-state index contributed by atoms with van der Waals surface area (Å²) in [5.41, 5.74) is 0. The van der Waals surface area contributed by atoms with Crippen LogP contribution in [0.5, 0.6) is 0 Å². The highest BCUT2D eigenvalue weighted by Gasteiger charge is 2.16. The molecule has 2 unspecified atom stereocenters. The van der Waals surface area contributed by atoms with Gasteiger partial charge in [-0.2, -0.15) is 0 Å². The maximum Gasteiger partial charge on any atom is 0.134 e. The molecule has 0 radical (unpaired) electrons. The van der Waals surface area contributed by atoms with Crippen LogP contribution in [0.1, 0.15) is 68.9 Å². The van der Waals surface area contributed by atoms with Crippen LogP contribution >= 0.6 is 11.3 Å². The summed E-state index contributed by atoms with van der Waals surface area (Å²) < 4.78 is 0. The first-order valence-corrected chi connectivity index (χ1v) is 7.11. The molecule has 4 heteroatoms. The third-order valence-electron chi connectivity index (χ3n) is 2.76. The summed E-state index contributed by atoms with van der Waals surface area (Å²) in [5.74, 6) is 0.551. The lowest BCUT2D eigenvalue weighted by atomic mass is 10.1. The van der Waals surface area contributed by atoms with E-state index in [0.29, 0.717) is 12.0 Å². The van der Waals surface area contributed by atoms with Crippen molar-refractivity contribution in [2.24, 2.45) is 0 Å².